The second-order valence-corrected chi connectivity index (χ2v) is 7.21. The monoisotopic (exact) mass is 387 g/mol. The van der Waals surface area contributed by atoms with Crippen LogP contribution in [0.5, 0.6) is 5.75 Å². The van der Waals surface area contributed by atoms with E-state index in [1.54, 1.807) is 25.2 Å². The van der Waals surface area contributed by atoms with Crippen LogP contribution in [-0.2, 0) is 4.74 Å². The number of thioether (sulfide) groups is 1. The van der Waals surface area contributed by atoms with Gasteiger partial charge in [0.25, 0.3) is 0 Å². The molecule has 1 saturated heterocycles. The Kier molecular flexibility index (Phi) is 5.42. The van der Waals surface area contributed by atoms with Gasteiger partial charge in [-0.2, -0.15) is 0 Å². The number of nitrogens with zero attached hydrogens (tertiary/aromatic N) is 4. The van der Waals surface area contributed by atoms with Crippen molar-refractivity contribution in [3.8, 4) is 5.75 Å². The molecule has 2 N–H and O–H groups in total. The maximum Gasteiger partial charge on any atom is 0.167 e. The van der Waals surface area contributed by atoms with Crippen LogP contribution in [0.15, 0.2) is 41.8 Å². The van der Waals surface area contributed by atoms with E-state index in [-0.39, 0.29) is 18.9 Å². The summed E-state index contributed by atoms with van der Waals surface area (Å²) in [7, 11) is 1.66. The fourth-order valence-electron chi connectivity index (χ4n) is 3.08. The highest BCUT2D eigenvalue weighted by atomic mass is 32.2. The van der Waals surface area contributed by atoms with Gasteiger partial charge in [-0.05, 0) is 37.1 Å². The van der Waals surface area contributed by atoms with E-state index in [2.05, 4.69) is 20.3 Å². The molecule has 0 spiro atoms. The number of rotatable bonds is 7. The number of aromatic nitrogens is 4. The lowest BCUT2D eigenvalue weighted by Crippen LogP contribution is -2.14. The standard InChI is InChI=1S/C18H21N5O3S/c1-25-12-2-5-14(6-3-12)27-11-22-17-16-18(20-9-19-17)23(10-21-16)15-7-4-13(8-24)26-15/h2-3,5-6,9-10,13,15,24H,4,7-8,11H2,1H3,(H,19,20,22)/t13-,15+/m0/s1. The summed E-state index contributed by atoms with van der Waals surface area (Å²) in [6, 6.07) is 7.91. The Labute approximate surface area is 160 Å². The van der Waals surface area contributed by atoms with Gasteiger partial charge in [0.2, 0.25) is 0 Å². The molecule has 3 aromatic rings. The highest BCUT2D eigenvalue weighted by Gasteiger charge is 2.27. The quantitative estimate of drug-likeness (QED) is 0.472. The Balaban J connectivity index is 1.44. The lowest BCUT2D eigenvalue weighted by molar-refractivity contribution is -0.0207. The number of anilines is 1. The average Bonchev–Trinajstić information content (AvgIpc) is 3.35. The second kappa shape index (κ2) is 8.12. The molecular formula is C18H21N5O3S. The normalized spacial score (nSPS) is 19.5. The zero-order chi connectivity index (χ0) is 18.6. The number of benzene rings is 1. The first kappa shape index (κ1) is 18.0. The van der Waals surface area contributed by atoms with Gasteiger partial charge < -0.3 is 19.9 Å². The number of nitrogens with one attached hydrogen (secondary N) is 1. The molecule has 1 aromatic carbocycles. The zero-order valence-electron chi connectivity index (χ0n) is 14.9. The minimum Gasteiger partial charge on any atom is -0.497 e. The van der Waals surface area contributed by atoms with E-state index in [0.29, 0.717) is 17.2 Å². The van der Waals surface area contributed by atoms with Crippen molar-refractivity contribution in [2.75, 3.05) is 24.9 Å². The number of hydrogen-bond acceptors (Lipinski definition) is 8. The first-order valence-corrected chi connectivity index (χ1v) is 9.71. The van der Waals surface area contributed by atoms with Gasteiger partial charge in [0.15, 0.2) is 17.0 Å². The van der Waals surface area contributed by atoms with E-state index in [9.17, 15) is 5.11 Å². The van der Waals surface area contributed by atoms with Crippen LogP contribution in [0.1, 0.15) is 19.1 Å². The van der Waals surface area contributed by atoms with Crippen LogP contribution in [0.4, 0.5) is 5.82 Å². The van der Waals surface area contributed by atoms with Gasteiger partial charge in [-0.1, -0.05) is 0 Å². The SMILES string of the molecule is COc1ccc(SCNc2ncnc3c2ncn3[C@H]2CC[C@@H](CO)O2)cc1. The van der Waals surface area contributed by atoms with Gasteiger partial charge in [-0.3, -0.25) is 4.57 Å². The predicted octanol–water partition coefficient (Wildman–Crippen LogP) is 2.67. The Morgan fingerprint density at radius 3 is 2.85 bits per heavy atom. The van der Waals surface area contributed by atoms with Gasteiger partial charge in [0.05, 0.1) is 32.0 Å². The summed E-state index contributed by atoms with van der Waals surface area (Å²) in [5.74, 6) is 2.18. The molecule has 3 heterocycles. The van der Waals surface area contributed by atoms with E-state index >= 15 is 0 Å². The molecule has 9 heteroatoms. The third-order valence-electron chi connectivity index (χ3n) is 4.50. The molecule has 2 aromatic heterocycles. The van der Waals surface area contributed by atoms with Crippen molar-refractivity contribution in [3.05, 3.63) is 36.9 Å². The molecule has 8 nitrogen and oxygen atoms in total. The van der Waals surface area contributed by atoms with E-state index in [1.807, 2.05) is 28.8 Å². The molecule has 0 saturated carbocycles. The Hall–Kier alpha value is -2.36. The van der Waals surface area contributed by atoms with Crippen LogP contribution in [0.3, 0.4) is 0 Å². The second-order valence-electron chi connectivity index (χ2n) is 6.16. The van der Waals surface area contributed by atoms with Crippen LogP contribution in [-0.4, -0.2) is 50.3 Å². The number of fused-ring (bicyclic) bond motifs is 1. The number of aliphatic hydroxyl groups excluding tert-OH is 1. The molecule has 0 unspecified atom stereocenters. The average molecular weight is 387 g/mol. The molecule has 0 aliphatic carbocycles. The summed E-state index contributed by atoms with van der Waals surface area (Å²) in [5.41, 5.74) is 1.44. The van der Waals surface area contributed by atoms with Crippen molar-refractivity contribution in [1.82, 2.24) is 19.5 Å². The van der Waals surface area contributed by atoms with E-state index < -0.39 is 0 Å². The van der Waals surface area contributed by atoms with Crippen LogP contribution >= 0.6 is 11.8 Å². The van der Waals surface area contributed by atoms with Crippen molar-refractivity contribution in [3.63, 3.8) is 0 Å². The minimum absolute atomic E-state index is 0.0352. The number of imidazole rings is 1. The van der Waals surface area contributed by atoms with Gasteiger partial charge in [-0.15, -0.1) is 11.8 Å². The summed E-state index contributed by atoms with van der Waals surface area (Å²) >= 11 is 1.66. The molecule has 0 radical (unpaired) electrons. The smallest absolute Gasteiger partial charge is 0.167 e. The molecular weight excluding hydrogens is 366 g/mol. The first-order valence-electron chi connectivity index (χ1n) is 8.73. The summed E-state index contributed by atoms with van der Waals surface area (Å²) in [6.07, 6.45) is 4.65. The van der Waals surface area contributed by atoms with Crippen molar-refractivity contribution in [1.29, 1.82) is 0 Å². The molecule has 0 amide bonds. The van der Waals surface area contributed by atoms with Crippen molar-refractivity contribution in [2.24, 2.45) is 0 Å². The largest absolute Gasteiger partial charge is 0.497 e. The Morgan fingerprint density at radius 2 is 2.11 bits per heavy atom. The third-order valence-corrected chi connectivity index (χ3v) is 5.39. The zero-order valence-corrected chi connectivity index (χ0v) is 15.7. The van der Waals surface area contributed by atoms with Crippen LogP contribution in [0, 0.1) is 0 Å². The van der Waals surface area contributed by atoms with Crippen molar-refractivity contribution < 1.29 is 14.6 Å². The third kappa shape index (κ3) is 3.85. The minimum atomic E-state index is -0.149. The summed E-state index contributed by atoms with van der Waals surface area (Å²) in [4.78, 5) is 14.3. The van der Waals surface area contributed by atoms with Gasteiger partial charge in [0.1, 0.15) is 18.3 Å². The Bertz CT molecular complexity index is 902. The van der Waals surface area contributed by atoms with Crippen molar-refractivity contribution in [2.45, 2.75) is 30.1 Å². The fraction of sp³-hybridized carbons (Fsp3) is 0.389. The topological polar surface area (TPSA) is 94.3 Å². The number of methoxy groups -OCH3 is 1. The number of hydrogen-bond donors (Lipinski definition) is 2. The predicted molar refractivity (Wildman–Crippen MR) is 103 cm³/mol. The summed E-state index contributed by atoms with van der Waals surface area (Å²) in [6.45, 7) is 0.0352. The van der Waals surface area contributed by atoms with E-state index in [1.165, 1.54) is 6.33 Å². The van der Waals surface area contributed by atoms with Crippen molar-refractivity contribution >= 4 is 28.7 Å². The molecule has 27 heavy (non-hydrogen) atoms. The van der Waals surface area contributed by atoms with Crippen LogP contribution in [0.25, 0.3) is 11.2 Å². The van der Waals surface area contributed by atoms with E-state index in [4.69, 9.17) is 9.47 Å². The summed E-state index contributed by atoms with van der Waals surface area (Å²) < 4.78 is 12.9. The molecule has 1 fully saturated rings. The summed E-state index contributed by atoms with van der Waals surface area (Å²) in [5, 5.41) is 12.6. The van der Waals surface area contributed by atoms with Gasteiger partial charge >= 0.3 is 0 Å². The fourth-order valence-corrected chi connectivity index (χ4v) is 3.78. The molecule has 2 atom stereocenters. The maximum absolute atomic E-state index is 9.26. The Morgan fingerprint density at radius 1 is 1.26 bits per heavy atom. The van der Waals surface area contributed by atoms with E-state index in [0.717, 1.165) is 29.1 Å². The molecule has 1 aliphatic heterocycles. The van der Waals surface area contributed by atoms with Gasteiger partial charge in [-0.25, -0.2) is 15.0 Å². The molecule has 0 bridgehead atoms. The lowest BCUT2D eigenvalue weighted by atomic mass is 10.2. The molecule has 142 valence electrons. The lowest BCUT2D eigenvalue weighted by Gasteiger charge is -2.14. The van der Waals surface area contributed by atoms with Crippen LogP contribution < -0.4 is 10.1 Å². The van der Waals surface area contributed by atoms with Gasteiger partial charge in [0, 0.05) is 4.90 Å². The number of ether oxygens (including phenoxy) is 2. The highest BCUT2D eigenvalue weighted by molar-refractivity contribution is 7.99. The maximum atomic E-state index is 9.26. The molecule has 4 rings (SSSR count). The van der Waals surface area contributed by atoms with Crippen LogP contribution in [0.2, 0.25) is 0 Å². The first-order chi connectivity index (χ1) is 13.3. The number of aliphatic hydroxyl groups is 1. The molecule has 1 aliphatic rings. The highest BCUT2D eigenvalue weighted by Crippen LogP contribution is 2.31.